The summed E-state index contributed by atoms with van der Waals surface area (Å²) in [6.07, 6.45) is 5.28. The van der Waals surface area contributed by atoms with E-state index in [9.17, 15) is 9.90 Å². The van der Waals surface area contributed by atoms with Crippen LogP contribution in [0.5, 0.6) is 0 Å². The summed E-state index contributed by atoms with van der Waals surface area (Å²) in [5.41, 5.74) is 4.92. The van der Waals surface area contributed by atoms with Crippen molar-refractivity contribution < 1.29 is 15.0 Å². The lowest BCUT2D eigenvalue weighted by Gasteiger charge is -2.61. The standard InChI is InChI=1S/C12H19NO3/c13-9(10(14)15)11-2-7-1-8(3-11)5-12(16,4-7)6-11/h7-9,16H,1-6,13H2,(H,14,15)/t7-,8+,9-,11?,12?/m0/s1. The molecule has 4 N–H and O–H groups in total. The second kappa shape index (κ2) is 2.99. The number of aliphatic hydroxyl groups is 1. The first kappa shape index (κ1) is 10.5. The Kier molecular flexibility index (Phi) is 1.97. The highest BCUT2D eigenvalue weighted by atomic mass is 16.4. The first-order valence-electron chi connectivity index (χ1n) is 6.13. The van der Waals surface area contributed by atoms with Gasteiger partial charge in [0.15, 0.2) is 0 Å². The number of hydrogen-bond donors (Lipinski definition) is 3. The summed E-state index contributed by atoms with van der Waals surface area (Å²) in [6, 6.07) is -0.801. The Bertz CT molecular complexity index is 327. The SMILES string of the molecule is N[C@@H](C(=O)O)C12C[C@@H]3C[C@@H](CC(O)(C3)C1)C2. The smallest absolute Gasteiger partial charge is 0.321 e. The Hall–Kier alpha value is -0.610. The molecule has 0 amide bonds. The maximum atomic E-state index is 11.1. The average Bonchev–Trinajstić information content (AvgIpc) is 2.12. The van der Waals surface area contributed by atoms with Gasteiger partial charge in [0, 0.05) is 0 Å². The number of aliphatic carboxylic acids is 1. The van der Waals surface area contributed by atoms with E-state index in [1.54, 1.807) is 0 Å². The Balaban J connectivity index is 1.94. The number of rotatable bonds is 2. The predicted molar refractivity (Wildman–Crippen MR) is 57.7 cm³/mol. The lowest BCUT2D eigenvalue weighted by molar-refractivity contribution is -0.179. The third-order valence-electron chi connectivity index (χ3n) is 5.00. The van der Waals surface area contributed by atoms with E-state index in [1.165, 1.54) is 0 Å². The van der Waals surface area contributed by atoms with Crippen molar-refractivity contribution in [2.75, 3.05) is 0 Å². The number of nitrogens with two attached hydrogens (primary N) is 1. The van der Waals surface area contributed by atoms with Crippen molar-refractivity contribution in [1.82, 2.24) is 0 Å². The summed E-state index contributed by atoms with van der Waals surface area (Å²) in [6.45, 7) is 0. The summed E-state index contributed by atoms with van der Waals surface area (Å²) in [5, 5.41) is 19.6. The van der Waals surface area contributed by atoms with Crippen molar-refractivity contribution in [2.45, 2.75) is 50.2 Å². The van der Waals surface area contributed by atoms with E-state index in [0.717, 1.165) is 32.1 Å². The highest BCUT2D eigenvalue weighted by Crippen LogP contribution is 2.62. The minimum absolute atomic E-state index is 0.329. The van der Waals surface area contributed by atoms with Crippen molar-refractivity contribution in [3.05, 3.63) is 0 Å². The molecule has 4 rings (SSSR count). The zero-order valence-corrected chi connectivity index (χ0v) is 9.35. The highest BCUT2D eigenvalue weighted by Gasteiger charge is 2.60. The van der Waals surface area contributed by atoms with E-state index in [2.05, 4.69) is 0 Å². The van der Waals surface area contributed by atoms with Crippen molar-refractivity contribution in [2.24, 2.45) is 23.0 Å². The van der Waals surface area contributed by atoms with Crippen molar-refractivity contribution in [1.29, 1.82) is 0 Å². The minimum atomic E-state index is -0.912. The van der Waals surface area contributed by atoms with Gasteiger partial charge in [-0.1, -0.05) is 0 Å². The Labute approximate surface area is 94.8 Å². The quantitative estimate of drug-likeness (QED) is 0.647. The van der Waals surface area contributed by atoms with Crippen LogP contribution < -0.4 is 5.73 Å². The molecule has 0 radical (unpaired) electrons. The number of carbonyl (C=O) groups is 1. The van der Waals surface area contributed by atoms with Gasteiger partial charge in [0.1, 0.15) is 6.04 Å². The highest BCUT2D eigenvalue weighted by molar-refractivity contribution is 5.74. The van der Waals surface area contributed by atoms with E-state index in [0.29, 0.717) is 18.3 Å². The fourth-order valence-electron chi connectivity index (χ4n) is 4.91. The maximum absolute atomic E-state index is 11.1. The molecule has 4 aliphatic rings. The van der Waals surface area contributed by atoms with Gasteiger partial charge in [-0.2, -0.15) is 0 Å². The van der Waals surface area contributed by atoms with E-state index >= 15 is 0 Å². The topological polar surface area (TPSA) is 83.6 Å². The van der Waals surface area contributed by atoms with Crippen LogP contribution in [0.25, 0.3) is 0 Å². The summed E-state index contributed by atoms with van der Waals surface area (Å²) < 4.78 is 0. The molecule has 0 aliphatic heterocycles. The Morgan fingerprint density at radius 1 is 1.25 bits per heavy atom. The largest absolute Gasteiger partial charge is 0.480 e. The van der Waals surface area contributed by atoms with Gasteiger partial charge in [-0.25, -0.2) is 0 Å². The molecule has 2 unspecified atom stereocenters. The Morgan fingerprint density at radius 3 is 2.25 bits per heavy atom. The van der Waals surface area contributed by atoms with Crippen molar-refractivity contribution in [3.63, 3.8) is 0 Å². The minimum Gasteiger partial charge on any atom is -0.480 e. The van der Waals surface area contributed by atoms with Crippen LogP contribution in [-0.2, 0) is 4.79 Å². The third-order valence-corrected chi connectivity index (χ3v) is 5.00. The van der Waals surface area contributed by atoms with Crippen LogP contribution in [-0.4, -0.2) is 27.8 Å². The average molecular weight is 225 g/mol. The van der Waals surface area contributed by atoms with Gasteiger partial charge in [0.2, 0.25) is 0 Å². The van der Waals surface area contributed by atoms with E-state index < -0.39 is 17.6 Å². The van der Waals surface area contributed by atoms with Crippen LogP contribution in [0.2, 0.25) is 0 Å². The van der Waals surface area contributed by atoms with Gasteiger partial charge < -0.3 is 15.9 Å². The van der Waals surface area contributed by atoms with Gasteiger partial charge in [-0.3, -0.25) is 4.79 Å². The van der Waals surface area contributed by atoms with Gasteiger partial charge in [-0.05, 0) is 55.8 Å². The van der Waals surface area contributed by atoms with E-state index in [-0.39, 0.29) is 5.41 Å². The molecule has 16 heavy (non-hydrogen) atoms. The van der Waals surface area contributed by atoms with Crippen LogP contribution in [0.4, 0.5) is 0 Å². The summed E-state index contributed by atoms with van der Waals surface area (Å²) >= 11 is 0. The number of hydrogen-bond acceptors (Lipinski definition) is 3. The van der Waals surface area contributed by atoms with Gasteiger partial charge >= 0.3 is 5.97 Å². The molecule has 5 atom stereocenters. The molecule has 0 aromatic carbocycles. The molecule has 0 heterocycles. The molecule has 4 heteroatoms. The second-order valence-corrected chi connectivity index (χ2v) is 6.36. The molecule has 4 aliphatic carbocycles. The Morgan fingerprint density at radius 2 is 1.81 bits per heavy atom. The molecule has 0 aromatic rings. The molecule has 90 valence electrons. The van der Waals surface area contributed by atoms with Crippen molar-refractivity contribution >= 4 is 5.97 Å². The van der Waals surface area contributed by atoms with Crippen LogP contribution >= 0.6 is 0 Å². The van der Waals surface area contributed by atoms with Crippen LogP contribution in [0.1, 0.15) is 38.5 Å². The van der Waals surface area contributed by atoms with E-state index in [4.69, 9.17) is 10.8 Å². The zero-order chi connectivity index (χ0) is 11.6. The molecule has 0 spiro atoms. The zero-order valence-electron chi connectivity index (χ0n) is 9.35. The normalized spacial score (nSPS) is 51.6. The molecule has 0 saturated heterocycles. The van der Waals surface area contributed by atoms with Crippen molar-refractivity contribution in [3.8, 4) is 0 Å². The van der Waals surface area contributed by atoms with Gasteiger partial charge in [-0.15, -0.1) is 0 Å². The molecular weight excluding hydrogens is 206 g/mol. The lowest BCUT2D eigenvalue weighted by atomic mass is 9.46. The molecular formula is C12H19NO3. The summed E-state index contributed by atoms with van der Waals surface area (Å²) in [5.74, 6) is 0.0823. The summed E-state index contributed by atoms with van der Waals surface area (Å²) in [7, 11) is 0. The molecule has 4 saturated carbocycles. The first-order valence-corrected chi connectivity index (χ1v) is 6.13. The maximum Gasteiger partial charge on any atom is 0.321 e. The van der Waals surface area contributed by atoms with Crippen LogP contribution in [0.15, 0.2) is 0 Å². The monoisotopic (exact) mass is 225 g/mol. The predicted octanol–water partition coefficient (Wildman–Crippen LogP) is 0.730. The molecule has 4 fully saturated rings. The first-order chi connectivity index (χ1) is 7.42. The lowest BCUT2D eigenvalue weighted by Crippen LogP contribution is -2.62. The molecule has 4 nitrogen and oxygen atoms in total. The number of carboxylic acids is 1. The fourth-order valence-corrected chi connectivity index (χ4v) is 4.91. The van der Waals surface area contributed by atoms with E-state index in [1.807, 2.05) is 0 Å². The second-order valence-electron chi connectivity index (χ2n) is 6.36. The van der Waals surface area contributed by atoms with Crippen LogP contribution in [0.3, 0.4) is 0 Å². The fraction of sp³-hybridized carbons (Fsp3) is 0.917. The summed E-state index contributed by atoms with van der Waals surface area (Å²) in [4.78, 5) is 11.1. The van der Waals surface area contributed by atoms with Gasteiger partial charge in [0.25, 0.3) is 0 Å². The van der Waals surface area contributed by atoms with Crippen LogP contribution in [0, 0.1) is 17.3 Å². The molecule has 4 bridgehead atoms. The molecule has 0 aromatic heterocycles. The number of carboxylic acid groups (broad SMARTS) is 1. The third kappa shape index (κ3) is 1.32. The van der Waals surface area contributed by atoms with Gasteiger partial charge in [0.05, 0.1) is 5.60 Å².